The van der Waals surface area contributed by atoms with Gasteiger partial charge < -0.3 is 10.6 Å². The van der Waals surface area contributed by atoms with E-state index in [2.05, 4.69) is 32.7 Å². The Hall–Kier alpha value is -2.02. The summed E-state index contributed by atoms with van der Waals surface area (Å²) in [6.45, 7) is 4.75. The maximum absolute atomic E-state index is 12.0. The number of anilines is 2. The summed E-state index contributed by atoms with van der Waals surface area (Å²) in [5.41, 5.74) is 1.55. The maximum Gasteiger partial charge on any atom is 0.286 e. The van der Waals surface area contributed by atoms with Crippen molar-refractivity contribution < 1.29 is 4.79 Å². The highest BCUT2D eigenvalue weighted by Crippen LogP contribution is 2.17. The van der Waals surface area contributed by atoms with Gasteiger partial charge in [0.05, 0.1) is 0 Å². The van der Waals surface area contributed by atoms with Crippen molar-refractivity contribution in [1.82, 2.24) is 15.2 Å². The summed E-state index contributed by atoms with van der Waals surface area (Å²) in [4.78, 5) is 16.0. The molecule has 100 valence electrons. The molecule has 1 amide bonds. The van der Waals surface area contributed by atoms with Crippen molar-refractivity contribution in [2.75, 3.05) is 17.2 Å². The van der Waals surface area contributed by atoms with Gasteiger partial charge in [0.25, 0.3) is 5.91 Å². The van der Waals surface area contributed by atoms with Crippen molar-refractivity contribution in [2.45, 2.75) is 20.3 Å². The molecular formula is C12H15N5OS. The number of nitrogens with zero attached hydrogens (tertiary/aromatic N) is 3. The molecule has 0 unspecified atom stereocenters. The Morgan fingerprint density at radius 2 is 2.26 bits per heavy atom. The van der Waals surface area contributed by atoms with Crippen LogP contribution in [0.3, 0.4) is 0 Å². The molecule has 0 atom stereocenters. The van der Waals surface area contributed by atoms with E-state index >= 15 is 0 Å². The Kier molecular flexibility index (Phi) is 4.40. The highest BCUT2D eigenvalue weighted by molar-refractivity contribution is 7.17. The van der Waals surface area contributed by atoms with Crippen molar-refractivity contribution in [2.24, 2.45) is 0 Å². The number of carbonyl (C=O) groups excluding carboxylic acids is 1. The molecule has 0 radical (unpaired) electrons. The van der Waals surface area contributed by atoms with Crippen molar-refractivity contribution in [3.8, 4) is 0 Å². The molecule has 0 aliphatic heterocycles. The smallest absolute Gasteiger partial charge is 0.286 e. The number of aryl methyl sites for hydroxylation is 1. The van der Waals surface area contributed by atoms with Gasteiger partial charge in [0.1, 0.15) is 0 Å². The SMILES string of the molecule is CCCNc1nnc(C(=O)Nc2ccnc(C)c2)s1. The predicted octanol–water partition coefficient (Wildman–Crippen LogP) is 2.32. The van der Waals surface area contributed by atoms with Gasteiger partial charge in [-0.05, 0) is 25.5 Å². The molecular weight excluding hydrogens is 262 g/mol. The molecule has 7 heteroatoms. The molecule has 0 saturated carbocycles. The minimum absolute atomic E-state index is 0.257. The third-order valence-corrected chi connectivity index (χ3v) is 3.18. The number of amides is 1. The molecule has 0 aliphatic carbocycles. The number of carbonyl (C=O) groups is 1. The fraction of sp³-hybridized carbons (Fsp3) is 0.333. The molecule has 2 N–H and O–H groups in total. The largest absolute Gasteiger partial charge is 0.360 e. The van der Waals surface area contributed by atoms with Gasteiger partial charge in [0.2, 0.25) is 10.1 Å². The number of pyridine rings is 1. The second-order valence-electron chi connectivity index (χ2n) is 3.98. The van der Waals surface area contributed by atoms with E-state index < -0.39 is 0 Å². The number of aromatic nitrogens is 3. The first kappa shape index (κ1) is 13.4. The summed E-state index contributed by atoms with van der Waals surface area (Å²) in [7, 11) is 0. The van der Waals surface area contributed by atoms with Crippen LogP contribution in [0, 0.1) is 6.92 Å². The van der Waals surface area contributed by atoms with E-state index in [0.717, 1.165) is 18.7 Å². The molecule has 2 aromatic rings. The Labute approximate surface area is 115 Å². The van der Waals surface area contributed by atoms with Crippen LogP contribution in [0.5, 0.6) is 0 Å². The van der Waals surface area contributed by atoms with E-state index in [4.69, 9.17) is 0 Å². The Bertz CT molecular complexity index is 569. The molecule has 0 fully saturated rings. The van der Waals surface area contributed by atoms with Gasteiger partial charge >= 0.3 is 0 Å². The van der Waals surface area contributed by atoms with Crippen molar-refractivity contribution in [3.63, 3.8) is 0 Å². The van der Waals surface area contributed by atoms with Gasteiger partial charge in [-0.15, -0.1) is 10.2 Å². The first-order chi connectivity index (χ1) is 9.19. The van der Waals surface area contributed by atoms with Crippen molar-refractivity contribution in [3.05, 3.63) is 29.0 Å². The van der Waals surface area contributed by atoms with E-state index in [1.807, 2.05) is 6.92 Å². The number of rotatable bonds is 5. The second kappa shape index (κ2) is 6.24. The number of hydrogen-bond acceptors (Lipinski definition) is 6. The van der Waals surface area contributed by atoms with Gasteiger partial charge in [0.15, 0.2) is 0 Å². The molecule has 0 aliphatic rings. The lowest BCUT2D eigenvalue weighted by Gasteiger charge is -2.02. The molecule has 0 bridgehead atoms. The van der Waals surface area contributed by atoms with Crippen LogP contribution in [0.25, 0.3) is 0 Å². The zero-order valence-electron chi connectivity index (χ0n) is 10.8. The molecule has 0 aromatic carbocycles. The fourth-order valence-corrected chi connectivity index (χ4v) is 2.09. The van der Waals surface area contributed by atoms with Crippen LogP contribution in [-0.4, -0.2) is 27.6 Å². The van der Waals surface area contributed by atoms with E-state index in [1.54, 1.807) is 18.3 Å². The Balaban J connectivity index is 2.01. The number of hydrogen-bond donors (Lipinski definition) is 2. The molecule has 0 saturated heterocycles. The van der Waals surface area contributed by atoms with Gasteiger partial charge in [0, 0.05) is 24.1 Å². The van der Waals surface area contributed by atoms with E-state index in [9.17, 15) is 4.79 Å². The van der Waals surface area contributed by atoms with Gasteiger partial charge in [-0.25, -0.2) is 0 Å². The fourth-order valence-electron chi connectivity index (χ4n) is 1.43. The molecule has 2 rings (SSSR count). The molecule has 0 spiro atoms. The minimum Gasteiger partial charge on any atom is -0.360 e. The van der Waals surface area contributed by atoms with Crippen LogP contribution in [0.1, 0.15) is 28.8 Å². The molecule has 2 aromatic heterocycles. The van der Waals surface area contributed by atoms with Crippen LogP contribution >= 0.6 is 11.3 Å². The third-order valence-electron chi connectivity index (χ3n) is 2.30. The van der Waals surface area contributed by atoms with Crippen LogP contribution < -0.4 is 10.6 Å². The quantitative estimate of drug-likeness (QED) is 0.876. The van der Waals surface area contributed by atoms with Crippen molar-refractivity contribution >= 4 is 28.1 Å². The summed E-state index contributed by atoms with van der Waals surface area (Å²) in [6.07, 6.45) is 2.65. The zero-order valence-corrected chi connectivity index (χ0v) is 11.6. The highest BCUT2D eigenvalue weighted by Gasteiger charge is 2.12. The standard InChI is InChI=1S/C12H15N5OS/c1-3-5-14-12-17-16-11(19-12)10(18)15-9-4-6-13-8(2)7-9/h4,6-7H,3,5H2,1-2H3,(H,14,17)(H,13,15,18). The van der Waals surface area contributed by atoms with E-state index in [0.29, 0.717) is 15.8 Å². The van der Waals surface area contributed by atoms with Gasteiger partial charge in [-0.1, -0.05) is 18.3 Å². The van der Waals surface area contributed by atoms with Crippen LogP contribution in [0.15, 0.2) is 18.3 Å². The van der Waals surface area contributed by atoms with Crippen molar-refractivity contribution in [1.29, 1.82) is 0 Å². The molecule has 6 nitrogen and oxygen atoms in total. The summed E-state index contributed by atoms with van der Waals surface area (Å²) in [5, 5.41) is 14.7. The molecule has 2 heterocycles. The first-order valence-electron chi connectivity index (χ1n) is 6.00. The summed E-state index contributed by atoms with van der Waals surface area (Å²) < 4.78 is 0. The van der Waals surface area contributed by atoms with Crippen LogP contribution in [-0.2, 0) is 0 Å². The monoisotopic (exact) mass is 277 g/mol. The summed E-state index contributed by atoms with van der Waals surface area (Å²) >= 11 is 1.24. The summed E-state index contributed by atoms with van der Waals surface area (Å²) in [6, 6.07) is 3.54. The van der Waals surface area contributed by atoms with Crippen LogP contribution in [0.4, 0.5) is 10.8 Å². The summed E-state index contributed by atoms with van der Waals surface area (Å²) in [5.74, 6) is -0.257. The normalized spacial score (nSPS) is 10.2. The average Bonchev–Trinajstić information content (AvgIpc) is 2.85. The Morgan fingerprint density at radius 1 is 1.42 bits per heavy atom. The average molecular weight is 277 g/mol. The van der Waals surface area contributed by atoms with Crippen LogP contribution in [0.2, 0.25) is 0 Å². The van der Waals surface area contributed by atoms with E-state index in [1.165, 1.54) is 11.3 Å². The first-order valence-corrected chi connectivity index (χ1v) is 6.82. The topological polar surface area (TPSA) is 79.8 Å². The van der Waals surface area contributed by atoms with Gasteiger partial charge in [-0.3, -0.25) is 9.78 Å². The lowest BCUT2D eigenvalue weighted by Crippen LogP contribution is -2.11. The lowest BCUT2D eigenvalue weighted by atomic mass is 10.3. The molecule has 19 heavy (non-hydrogen) atoms. The Morgan fingerprint density at radius 3 is 3.00 bits per heavy atom. The third kappa shape index (κ3) is 3.72. The van der Waals surface area contributed by atoms with E-state index in [-0.39, 0.29) is 5.91 Å². The predicted molar refractivity (Wildman–Crippen MR) is 75.6 cm³/mol. The maximum atomic E-state index is 12.0. The van der Waals surface area contributed by atoms with Gasteiger partial charge in [-0.2, -0.15) is 0 Å². The highest BCUT2D eigenvalue weighted by atomic mass is 32.1. The second-order valence-corrected chi connectivity index (χ2v) is 4.96. The lowest BCUT2D eigenvalue weighted by molar-refractivity contribution is 0.102. The number of nitrogens with one attached hydrogen (secondary N) is 2. The zero-order chi connectivity index (χ0) is 13.7. The minimum atomic E-state index is -0.257.